The molecule has 0 fully saturated rings. The van der Waals surface area contributed by atoms with E-state index in [9.17, 15) is 0 Å². The van der Waals surface area contributed by atoms with E-state index in [4.69, 9.17) is 0 Å². The molecule has 0 aliphatic carbocycles. The van der Waals surface area contributed by atoms with Crippen molar-refractivity contribution in [3.05, 3.63) is 43.3 Å². The van der Waals surface area contributed by atoms with E-state index in [0.29, 0.717) is 0 Å². The average Bonchev–Trinajstić information content (AvgIpc) is 1.69. The molecule has 0 amide bonds. The minimum absolute atomic E-state index is 0. The molecule has 1 heteroatoms. The van der Waals surface area contributed by atoms with E-state index in [2.05, 4.69) is 19.1 Å². The van der Waals surface area contributed by atoms with Gasteiger partial charge in [-0.3, -0.25) is 0 Å². The average molecular weight is 172 g/mol. The number of aryl methyl sites for hydroxylation is 1. The summed E-state index contributed by atoms with van der Waals surface area (Å²) in [7, 11) is 0. The number of hydrogen-bond acceptors (Lipinski definition) is 0. The van der Waals surface area contributed by atoms with Crippen LogP contribution in [0.4, 0.5) is 0 Å². The van der Waals surface area contributed by atoms with Crippen molar-refractivity contribution in [1.29, 1.82) is 0 Å². The fraction of sp³-hybridized carbons (Fsp3) is 0.125. The molecular formula is C8H10Zn. The van der Waals surface area contributed by atoms with E-state index in [1.165, 1.54) is 5.56 Å². The van der Waals surface area contributed by atoms with Crippen LogP contribution in [0.15, 0.2) is 24.3 Å². The smallest absolute Gasteiger partial charge is 0.358 e. The van der Waals surface area contributed by atoms with Gasteiger partial charge in [-0.2, -0.15) is 35.9 Å². The van der Waals surface area contributed by atoms with Gasteiger partial charge < -0.3 is 7.43 Å². The van der Waals surface area contributed by atoms with Crippen LogP contribution in [0.3, 0.4) is 0 Å². The second kappa shape index (κ2) is 5.97. The van der Waals surface area contributed by atoms with E-state index in [-0.39, 0.29) is 26.9 Å². The predicted molar refractivity (Wildman–Crippen MR) is 36.4 cm³/mol. The molecule has 0 bridgehead atoms. The standard InChI is InChI=1S/C7H7.CH3.Zn/c1-7-5-3-2-4-6-7;;/h2-3,5-6H,1H3;1H3;/q2*-1;+2. The minimum Gasteiger partial charge on any atom is -0.358 e. The Morgan fingerprint density at radius 1 is 1.44 bits per heavy atom. The van der Waals surface area contributed by atoms with E-state index in [1.54, 1.807) is 0 Å². The van der Waals surface area contributed by atoms with Crippen LogP contribution >= 0.6 is 0 Å². The fourth-order valence-electron chi connectivity index (χ4n) is 0.483. The van der Waals surface area contributed by atoms with Gasteiger partial charge in [0.2, 0.25) is 0 Å². The van der Waals surface area contributed by atoms with E-state index >= 15 is 0 Å². The van der Waals surface area contributed by atoms with Gasteiger partial charge in [0.25, 0.3) is 0 Å². The van der Waals surface area contributed by atoms with Crippen molar-refractivity contribution in [2.75, 3.05) is 0 Å². The second-order valence-electron chi connectivity index (χ2n) is 1.58. The first-order valence-corrected chi connectivity index (χ1v) is 2.32. The third-order valence-corrected chi connectivity index (χ3v) is 0.863. The molecule has 1 aromatic carbocycles. The van der Waals surface area contributed by atoms with Crippen LogP contribution in [-0.4, -0.2) is 0 Å². The number of hydrogen-bond donors (Lipinski definition) is 0. The molecule has 0 radical (unpaired) electrons. The number of rotatable bonds is 0. The summed E-state index contributed by atoms with van der Waals surface area (Å²) in [5.41, 5.74) is 1.27. The van der Waals surface area contributed by atoms with E-state index in [0.717, 1.165) is 0 Å². The van der Waals surface area contributed by atoms with Crippen molar-refractivity contribution in [1.82, 2.24) is 0 Å². The summed E-state index contributed by atoms with van der Waals surface area (Å²) < 4.78 is 0. The zero-order valence-corrected chi connectivity index (χ0v) is 8.98. The van der Waals surface area contributed by atoms with Crippen LogP contribution in [-0.2, 0) is 19.5 Å². The molecule has 0 atom stereocenters. The summed E-state index contributed by atoms with van der Waals surface area (Å²) >= 11 is 0. The van der Waals surface area contributed by atoms with E-state index in [1.807, 2.05) is 18.2 Å². The Morgan fingerprint density at radius 2 is 2.11 bits per heavy atom. The molecule has 44 valence electrons. The summed E-state index contributed by atoms with van der Waals surface area (Å²) in [4.78, 5) is 0. The molecule has 1 rings (SSSR count). The van der Waals surface area contributed by atoms with Gasteiger partial charge in [0.1, 0.15) is 0 Å². The molecule has 1 aromatic rings. The Bertz CT molecular complexity index is 134. The van der Waals surface area contributed by atoms with Crippen LogP contribution in [0.5, 0.6) is 0 Å². The monoisotopic (exact) mass is 170 g/mol. The normalized spacial score (nSPS) is 6.78. The van der Waals surface area contributed by atoms with Gasteiger partial charge in [0.05, 0.1) is 0 Å². The zero-order chi connectivity index (χ0) is 5.11. The summed E-state index contributed by atoms with van der Waals surface area (Å²) in [6.07, 6.45) is 0. The first kappa shape index (κ1) is 11.6. The van der Waals surface area contributed by atoms with Gasteiger partial charge in [-0.05, 0) is 0 Å². The van der Waals surface area contributed by atoms with Crippen molar-refractivity contribution < 1.29 is 19.5 Å². The third kappa shape index (κ3) is 4.35. The summed E-state index contributed by atoms with van der Waals surface area (Å²) in [5, 5.41) is 0. The number of benzene rings is 1. The predicted octanol–water partition coefficient (Wildman–Crippen LogP) is 2.24. The van der Waals surface area contributed by atoms with Gasteiger partial charge in [0.15, 0.2) is 0 Å². The molecule has 0 saturated carbocycles. The van der Waals surface area contributed by atoms with Crippen LogP contribution in [0.25, 0.3) is 0 Å². The Hall–Kier alpha value is -0.157. The second-order valence-corrected chi connectivity index (χ2v) is 1.58. The van der Waals surface area contributed by atoms with Crippen LogP contribution < -0.4 is 0 Å². The van der Waals surface area contributed by atoms with Crippen LogP contribution in [0.2, 0.25) is 0 Å². The summed E-state index contributed by atoms with van der Waals surface area (Å²) in [6, 6.07) is 10.8. The molecule has 0 N–H and O–H groups in total. The SMILES string of the molecule is Cc1c[c-]ccc1.[CH3-].[Zn+2]. The fourth-order valence-corrected chi connectivity index (χ4v) is 0.483. The van der Waals surface area contributed by atoms with Crippen molar-refractivity contribution in [3.63, 3.8) is 0 Å². The maximum Gasteiger partial charge on any atom is 2.00 e. The zero-order valence-electron chi connectivity index (χ0n) is 6.02. The molecule has 0 aliphatic rings. The molecule has 9 heavy (non-hydrogen) atoms. The summed E-state index contributed by atoms with van der Waals surface area (Å²) in [5.74, 6) is 0. The Balaban J connectivity index is 0. The van der Waals surface area contributed by atoms with Crippen molar-refractivity contribution in [2.24, 2.45) is 0 Å². The van der Waals surface area contributed by atoms with Gasteiger partial charge >= 0.3 is 19.5 Å². The van der Waals surface area contributed by atoms with Gasteiger partial charge in [-0.15, -0.1) is 0 Å². The van der Waals surface area contributed by atoms with Gasteiger partial charge in [-0.1, -0.05) is 6.92 Å². The third-order valence-electron chi connectivity index (χ3n) is 0.863. The maximum absolute atomic E-state index is 2.96. The van der Waals surface area contributed by atoms with E-state index < -0.39 is 0 Å². The molecule has 0 aliphatic heterocycles. The Labute approximate surface area is 70.1 Å². The van der Waals surface area contributed by atoms with Crippen molar-refractivity contribution >= 4 is 0 Å². The maximum atomic E-state index is 2.96. The topological polar surface area (TPSA) is 0 Å². The first-order valence-electron chi connectivity index (χ1n) is 2.32. The van der Waals surface area contributed by atoms with Gasteiger partial charge in [0, 0.05) is 0 Å². The largest absolute Gasteiger partial charge is 2.00 e. The molecule has 0 unspecified atom stereocenters. The Morgan fingerprint density at radius 3 is 2.33 bits per heavy atom. The van der Waals surface area contributed by atoms with Crippen LogP contribution in [0.1, 0.15) is 5.56 Å². The summed E-state index contributed by atoms with van der Waals surface area (Å²) in [6.45, 7) is 2.05. The first-order chi connectivity index (χ1) is 3.39. The van der Waals surface area contributed by atoms with Crippen molar-refractivity contribution in [3.8, 4) is 0 Å². The van der Waals surface area contributed by atoms with Crippen molar-refractivity contribution in [2.45, 2.75) is 6.92 Å². The molecule has 0 nitrogen and oxygen atoms in total. The molecule has 0 saturated heterocycles. The molecule has 0 aromatic heterocycles. The quantitative estimate of drug-likeness (QED) is 0.415. The molecular weight excluding hydrogens is 161 g/mol. The molecule has 0 spiro atoms. The van der Waals surface area contributed by atoms with Crippen LogP contribution in [0, 0.1) is 20.4 Å². The minimum atomic E-state index is 0. The Kier molecular flexibility index (Phi) is 7.71. The molecule has 0 heterocycles. The van der Waals surface area contributed by atoms with Gasteiger partial charge in [-0.25, -0.2) is 0 Å².